The lowest BCUT2D eigenvalue weighted by Crippen LogP contribution is -2.38. The van der Waals surface area contributed by atoms with Gasteiger partial charge in [0.1, 0.15) is 0 Å². The van der Waals surface area contributed by atoms with E-state index >= 15 is 0 Å². The maximum absolute atomic E-state index is 9.66. The van der Waals surface area contributed by atoms with E-state index in [1.54, 1.807) is 0 Å². The first-order valence-electron chi connectivity index (χ1n) is 4.87. The predicted molar refractivity (Wildman–Crippen MR) is 49.1 cm³/mol. The molecule has 0 bridgehead atoms. The molecular weight excluding hydrogens is 152 g/mol. The molecule has 1 aliphatic heterocycles. The standard InChI is InChI=1S/C10H20O2/c1-4-9(11)8-5-6-12-10(2,3)7-8/h8-9,11H,4-7H2,1-3H3. The van der Waals surface area contributed by atoms with Gasteiger partial charge in [-0.3, -0.25) is 0 Å². The predicted octanol–water partition coefficient (Wildman–Crippen LogP) is 1.96. The van der Waals surface area contributed by atoms with Crippen LogP contribution in [0.2, 0.25) is 0 Å². The van der Waals surface area contributed by atoms with Crippen LogP contribution in [-0.2, 0) is 4.74 Å². The second-order valence-corrected chi connectivity index (χ2v) is 4.34. The van der Waals surface area contributed by atoms with Gasteiger partial charge < -0.3 is 9.84 Å². The first-order valence-corrected chi connectivity index (χ1v) is 4.87. The first-order chi connectivity index (χ1) is 5.55. The zero-order chi connectivity index (χ0) is 9.19. The minimum Gasteiger partial charge on any atom is -0.393 e. The van der Waals surface area contributed by atoms with Crippen molar-refractivity contribution in [3.05, 3.63) is 0 Å². The average Bonchev–Trinajstić information content (AvgIpc) is 2.01. The van der Waals surface area contributed by atoms with Crippen molar-refractivity contribution in [2.45, 2.75) is 51.7 Å². The molecular formula is C10H20O2. The van der Waals surface area contributed by atoms with Crippen LogP contribution in [-0.4, -0.2) is 23.4 Å². The van der Waals surface area contributed by atoms with Crippen LogP contribution in [0.25, 0.3) is 0 Å². The van der Waals surface area contributed by atoms with Gasteiger partial charge in [-0.05, 0) is 39.0 Å². The van der Waals surface area contributed by atoms with Crippen LogP contribution in [0, 0.1) is 5.92 Å². The van der Waals surface area contributed by atoms with E-state index in [9.17, 15) is 5.11 Å². The molecule has 0 aromatic rings. The summed E-state index contributed by atoms with van der Waals surface area (Å²) in [6.07, 6.45) is 2.73. The molecule has 1 saturated heterocycles. The fourth-order valence-corrected chi connectivity index (χ4v) is 1.94. The Bertz CT molecular complexity index is 143. The first kappa shape index (κ1) is 10.0. The molecule has 0 radical (unpaired) electrons. The molecule has 0 aliphatic carbocycles. The summed E-state index contributed by atoms with van der Waals surface area (Å²) in [6, 6.07) is 0. The van der Waals surface area contributed by atoms with Crippen LogP contribution >= 0.6 is 0 Å². The van der Waals surface area contributed by atoms with E-state index in [-0.39, 0.29) is 11.7 Å². The molecule has 0 spiro atoms. The minimum absolute atomic E-state index is 0.0287. The normalized spacial score (nSPS) is 31.5. The largest absolute Gasteiger partial charge is 0.393 e. The number of aliphatic hydroxyl groups excluding tert-OH is 1. The molecule has 1 N–H and O–H groups in total. The average molecular weight is 172 g/mol. The molecule has 2 heteroatoms. The van der Waals surface area contributed by atoms with Gasteiger partial charge in [-0.15, -0.1) is 0 Å². The Morgan fingerprint density at radius 1 is 1.58 bits per heavy atom. The molecule has 1 heterocycles. The van der Waals surface area contributed by atoms with Crippen molar-refractivity contribution in [2.24, 2.45) is 5.92 Å². The van der Waals surface area contributed by atoms with Gasteiger partial charge in [0.25, 0.3) is 0 Å². The van der Waals surface area contributed by atoms with Crippen LogP contribution in [0.1, 0.15) is 40.0 Å². The lowest BCUT2D eigenvalue weighted by molar-refractivity contribution is -0.0953. The summed E-state index contributed by atoms with van der Waals surface area (Å²) in [5.41, 5.74) is -0.0287. The minimum atomic E-state index is -0.131. The smallest absolute Gasteiger partial charge is 0.0630 e. The molecule has 2 nitrogen and oxygen atoms in total. The quantitative estimate of drug-likeness (QED) is 0.690. The Balaban J connectivity index is 2.46. The third-order valence-electron chi connectivity index (χ3n) is 2.70. The molecule has 0 aromatic carbocycles. The monoisotopic (exact) mass is 172 g/mol. The molecule has 0 aromatic heterocycles. The Kier molecular flexibility index (Phi) is 3.13. The zero-order valence-electron chi connectivity index (χ0n) is 8.34. The highest BCUT2D eigenvalue weighted by atomic mass is 16.5. The van der Waals surface area contributed by atoms with E-state index in [1.807, 2.05) is 6.92 Å². The van der Waals surface area contributed by atoms with Crippen LogP contribution in [0.15, 0.2) is 0 Å². The van der Waals surface area contributed by atoms with Crippen LogP contribution in [0.3, 0.4) is 0 Å². The molecule has 1 aliphatic rings. The van der Waals surface area contributed by atoms with E-state index in [1.165, 1.54) is 0 Å². The summed E-state index contributed by atoms with van der Waals surface area (Å²) in [6.45, 7) is 7.03. The molecule has 0 saturated carbocycles. The molecule has 72 valence electrons. The number of hydrogen-bond donors (Lipinski definition) is 1. The van der Waals surface area contributed by atoms with Crippen LogP contribution in [0.5, 0.6) is 0 Å². The van der Waals surface area contributed by atoms with Crippen molar-refractivity contribution in [3.63, 3.8) is 0 Å². The Labute approximate surface area is 74.9 Å². The van der Waals surface area contributed by atoms with Crippen molar-refractivity contribution in [1.82, 2.24) is 0 Å². The summed E-state index contributed by atoms with van der Waals surface area (Å²) in [7, 11) is 0. The lowest BCUT2D eigenvalue weighted by atomic mass is 9.84. The summed E-state index contributed by atoms with van der Waals surface area (Å²) in [4.78, 5) is 0. The maximum Gasteiger partial charge on any atom is 0.0630 e. The van der Waals surface area contributed by atoms with Crippen molar-refractivity contribution < 1.29 is 9.84 Å². The van der Waals surface area contributed by atoms with E-state index in [0.29, 0.717) is 5.92 Å². The Morgan fingerprint density at radius 2 is 2.25 bits per heavy atom. The van der Waals surface area contributed by atoms with Crippen LogP contribution in [0.4, 0.5) is 0 Å². The lowest BCUT2D eigenvalue weighted by Gasteiger charge is -2.37. The van der Waals surface area contributed by atoms with Gasteiger partial charge in [-0.2, -0.15) is 0 Å². The topological polar surface area (TPSA) is 29.5 Å². The highest BCUT2D eigenvalue weighted by Gasteiger charge is 2.31. The van der Waals surface area contributed by atoms with Crippen molar-refractivity contribution in [3.8, 4) is 0 Å². The van der Waals surface area contributed by atoms with Crippen molar-refractivity contribution in [1.29, 1.82) is 0 Å². The Hall–Kier alpha value is -0.0800. The zero-order valence-corrected chi connectivity index (χ0v) is 8.34. The molecule has 0 amide bonds. The van der Waals surface area contributed by atoms with Gasteiger partial charge in [0.2, 0.25) is 0 Å². The molecule has 1 fully saturated rings. The number of rotatable bonds is 2. The van der Waals surface area contributed by atoms with Gasteiger partial charge in [-0.1, -0.05) is 6.92 Å². The van der Waals surface area contributed by atoms with E-state index < -0.39 is 0 Å². The number of hydrogen-bond acceptors (Lipinski definition) is 2. The fourth-order valence-electron chi connectivity index (χ4n) is 1.94. The van der Waals surface area contributed by atoms with Gasteiger partial charge in [0, 0.05) is 6.61 Å². The Morgan fingerprint density at radius 3 is 2.75 bits per heavy atom. The van der Waals surface area contributed by atoms with E-state index in [0.717, 1.165) is 25.9 Å². The third kappa shape index (κ3) is 2.46. The number of ether oxygens (including phenoxy) is 1. The molecule has 12 heavy (non-hydrogen) atoms. The van der Waals surface area contributed by atoms with Gasteiger partial charge in [-0.25, -0.2) is 0 Å². The maximum atomic E-state index is 9.66. The summed E-state index contributed by atoms with van der Waals surface area (Å²) in [5, 5.41) is 9.66. The molecule has 2 unspecified atom stereocenters. The van der Waals surface area contributed by atoms with Gasteiger partial charge in [0.15, 0.2) is 0 Å². The van der Waals surface area contributed by atoms with E-state index in [2.05, 4.69) is 13.8 Å². The third-order valence-corrected chi connectivity index (χ3v) is 2.70. The molecule has 2 atom stereocenters. The van der Waals surface area contributed by atoms with Gasteiger partial charge in [0.05, 0.1) is 11.7 Å². The molecule has 1 rings (SSSR count). The summed E-state index contributed by atoms with van der Waals surface area (Å²) in [5.74, 6) is 0.443. The second-order valence-electron chi connectivity index (χ2n) is 4.34. The van der Waals surface area contributed by atoms with Crippen molar-refractivity contribution >= 4 is 0 Å². The number of aliphatic hydroxyl groups is 1. The highest BCUT2D eigenvalue weighted by molar-refractivity contribution is 4.81. The van der Waals surface area contributed by atoms with E-state index in [4.69, 9.17) is 4.74 Å². The van der Waals surface area contributed by atoms with Crippen LogP contribution < -0.4 is 0 Å². The summed E-state index contributed by atoms with van der Waals surface area (Å²) < 4.78 is 5.58. The fraction of sp³-hybridized carbons (Fsp3) is 1.00. The highest BCUT2D eigenvalue weighted by Crippen LogP contribution is 2.31. The van der Waals surface area contributed by atoms with Gasteiger partial charge >= 0.3 is 0 Å². The van der Waals surface area contributed by atoms with Crippen molar-refractivity contribution in [2.75, 3.05) is 6.61 Å². The second kappa shape index (κ2) is 3.75. The SMILES string of the molecule is CCC(O)C1CCOC(C)(C)C1. The summed E-state index contributed by atoms with van der Waals surface area (Å²) >= 11 is 0.